The molecule has 2 saturated heterocycles. The zero-order valence-electron chi connectivity index (χ0n) is 16.7. The van der Waals surface area contributed by atoms with Gasteiger partial charge in [-0.2, -0.15) is 9.97 Å². The molecule has 2 aliphatic heterocycles. The second-order valence-electron chi connectivity index (χ2n) is 7.46. The molecule has 2 aliphatic rings. The third-order valence-corrected chi connectivity index (χ3v) is 6.37. The van der Waals surface area contributed by atoms with Gasteiger partial charge in [-0.05, 0) is 38.1 Å². The quantitative estimate of drug-likeness (QED) is 0.659. The summed E-state index contributed by atoms with van der Waals surface area (Å²) in [6, 6.07) is 4.29. The Balaban J connectivity index is 1.49. The number of rotatable bonds is 5. The minimum atomic E-state index is 0.228. The molecule has 0 atom stereocenters. The van der Waals surface area contributed by atoms with Gasteiger partial charge < -0.3 is 15.4 Å². The van der Waals surface area contributed by atoms with Gasteiger partial charge >= 0.3 is 0 Å². The van der Waals surface area contributed by atoms with Crippen molar-refractivity contribution >= 4 is 23.2 Å². The lowest BCUT2D eigenvalue weighted by molar-refractivity contribution is 0.122. The SMILES string of the molecule is Nc1ncc(-c2nc(-c3ccc(CN4CCCC4)s3)nc(N3CCOCC3)n2)cn1. The standard InChI is InChI=1S/C20H24N8OS/c21-19-22-11-14(12-23-19)17-24-18(26-20(25-17)28-7-9-29-10-8-28)16-4-3-15(30-16)13-27-5-1-2-6-27/h3-4,11-12H,1-2,5-10,13H2,(H2,21,22,23). The van der Waals surface area contributed by atoms with Crippen LogP contribution in [0.1, 0.15) is 17.7 Å². The first kappa shape index (κ1) is 19.3. The van der Waals surface area contributed by atoms with E-state index in [0.29, 0.717) is 30.8 Å². The van der Waals surface area contributed by atoms with Crippen LogP contribution in [0, 0.1) is 0 Å². The smallest absolute Gasteiger partial charge is 0.229 e. The number of likely N-dealkylation sites (tertiary alicyclic amines) is 1. The molecule has 0 spiro atoms. The van der Waals surface area contributed by atoms with Crippen molar-refractivity contribution < 1.29 is 4.74 Å². The van der Waals surface area contributed by atoms with Gasteiger partial charge in [0, 0.05) is 36.9 Å². The number of morpholine rings is 1. The Morgan fingerprint density at radius 1 is 0.933 bits per heavy atom. The van der Waals surface area contributed by atoms with Gasteiger partial charge in [-0.1, -0.05) is 0 Å². The first-order valence-electron chi connectivity index (χ1n) is 10.2. The van der Waals surface area contributed by atoms with Crippen molar-refractivity contribution in [2.45, 2.75) is 19.4 Å². The second kappa shape index (κ2) is 8.58. The van der Waals surface area contributed by atoms with Crippen molar-refractivity contribution in [1.82, 2.24) is 29.8 Å². The Labute approximate surface area is 179 Å². The lowest BCUT2D eigenvalue weighted by Crippen LogP contribution is -2.37. The summed E-state index contributed by atoms with van der Waals surface area (Å²) in [5, 5.41) is 0. The van der Waals surface area contributed by atoms with E-state index >= 15 is 0 Å². The Morgan fingerprint density at radius 3 is 2.43 bits per heavy atom. The molecule has 0 unspecified atom stereocenters. The number of nitrogens with zero attached hydrogens (tertiary/aromatic N) is 7. The fourth-order valence-electron chi connectivity index (χ4n) is 3.71. The van der Waals surface area contributed by atoms with Gasteiger partial charge in [0.1, 0.15) is 0 Å². The van der Waals surface area contributed by atoms with Crippen LogP contribution in [0.2, 0.25) is 0 Å². The molecular formula is C20H24N8OS. The van der Waals surface area contributed by atoms with Gasteiger partial charge in [0.25, 0.3) is 0 Å². The summed E-state index contributed by atoms with van der Waals surface area (Å²) in [6.45, 7) is 6.20. The van der Waals surface area contributed by atoms with E-state index in [9.17, 15) is 0 Å². The fourth-order valence-corrected chi connectivity index (χ4v) is 4.69. The van der Waals surface area contributed by atoms with Crippen LogP contribution >= 0.6 is 11.3 Å². The van der Waals surface area contributed by atoms with Gasteiger partial charge in [0.15, 0.2) is 11.6 Å². The maximum Gasteiger partial charge on any atom is 0.229 e. The molecule has 5 rings (SSSR count). The summed E-state index contributed by atoms with van der Waals surface area (Å²) in [4.78, 5) is 29.4. The van der Waals surface area contributed by atoms with Gasteiger partial charge in [-0.15, -0.1) is 11.3 Å². The molecule has 0 radical (unpaired) electrons. The lowest BCUT2D eigenvalue weighted by Gasteiger charge is -2.27. The van der Waals surface area contributed by atoms with Crippen LogP contribution in [0.4, 0.5) is 11.9 Å². The van der Waals surface area contributed by atoms with Gasteiger partial charge in [0.05, 0.1) is 23.7 Å². The minimum Gasteiger partial charge on any atom is -0.378 e. The average molecular weight is 425 g/mol. The molecule has 0 amide bonds. The Hall–Kier alpha value is -2.69. The molecule has 0 bridgehead atoms. The van der Waals surface area contributed by atoms with Crippen LogP contribution in [0.15, 0.2) is 24.5 Å². The van der Waals surface area contributed by atoms with Crippen LogP contribution in [-0.4, -0.2) is 69.2 Å². The van der Waals surface area contributed by atoms with E-state index < -0.39 is 0 Å². The van der Waals surface area contributed by atoms with E-state index in [1.807, 2.05) is 0 Å². The topological polar surface area (TPSA) is 106 Å². The maximum absolute atomic E-state index is 5.64. The molecule has 10 heteroatoms. The van der Waals surface area contributed by atoms with Crippen molar-refractivity contribution in [2.24, 2.45) is 0 Å². The summed E-state index contributed by atoms with van der Waals surface area (Å²) in [6.07, 6.45) is 5.89. The van der Waals surface area contributed by atoms with Crippen molar-refractivity contribution in [3.05, 3.63) is 29.4 Å². The van der Waals surface area contributed by atoms with Gasteiger partial charge in [-0.25, -0.2) is 15.0 Å². The number of ether oxygens (including phenoxy) is 1. The molecule has 3 aromatic heterocycles. The van der Waals surface area contributed by atoms with E-state index in [4.69, 9.17) is 25.4 Å². The number of hydrogen-bond acceptors (Lipinski definition) is 10. The van der Waals surface area contributed by atoms with Gasteiger partial charge in [-0.3, -0.25) is 4.90 Å². The Morgan fingerprint density at radius 2 is 1.67 bits per heavy atom. The zero-order chi connectivity index (χ0) is 20.3. The normalized spacial score (nSPS) is 17.5. The third-order valence-electron chi connectivity index (χ3n) is 5.31. The number of anilines is 2. The number of nitrogens with two attached hydrogens (primary N) is 1. The number of aromatic nitrogens is 5. The highest BCUT2D eigenvalue weighted by Crippen LogP contribution is 2.30. The first-order valence-corrected chi connectivity index (χ1v) is 11.0. The second-order valence-corrected chi connectivity index (χ2v) is 8.63. The highest BCUT2D eigenvalue weighted by molar-refractivity contribution is 7.15. The minimum absolute atomic E-state index is 0.228. The summed E-state index contributed by atoms with van der Waals surface area (Å²) < 4.78 is 5.48. The largest absolute Gasteiger partial charge is 0.378 e. The lowest BCUT2D eigenvalue weighted by atomic mass is 10.3. The summed E-state index contributed by atoms with van der Waals surface area (Å²) >= 11 is 1.75. The van der Waals surface area contributed by atoms with Crippen LogP contribution in [0.3, 0.4) is 0 Å². The Kier molecular flexibility index (Phi) is 5.52. The molecule has 0 aliphatic carbocycles. The first-order chi connectivity index (χ1) is 14.7. The predicted octanol–water partition coefficient (Wildman–Crippen LogP) is 2.07. The highest BCUT2D eigenvalue weighted by atomic mass is 32.1. The highest BCUT2D eigenvalue weighted by Gasteiger charge is 2.20. The van der Waals surface area contributed by atoms with Crippen LogP contribution < -0.4 is 10.6 Å². The molecule has 30 heavy (non-hydrogen) atoms. The van der Waals surface area contributed by atoms with Crippen molar-refractivity contribution in [2.75, 3.05) is 50.0 Å². The number of nitrogen functional groups attached to an aromatic ring is 1. The maximum atomic E-state index is 5.64. The van der Waals surface area contributed by atoms with Crippen molar-refractivity contribution in [3.8, 4) is 22.1 Å². The van der Waals surface area contributed by atoms with Crippen molar-refractivity contribution in [1.29, 1.82) is 0 Å². The van der Waals surface area contributed by atoms with Crippen LogP contribution in [0.25, 0.3) is 22.1 Å². The van der Waals surface area contributed by atoms with E-state index in [1.54, 1.807) is 23.7 Å². The molecule has 0 saturated carbocycles. The van der Waals surface area contributed by atoms with Crippen LogP contribution in [-0.2, 0) is 11.3 Å². The van der Waals surface area contributed by atoms with E-state index in [-0.39, 0.29) is 5.95 Å². The molecule has 156 valence electrons. The predicted molar refractivity (Wildman–Crippen MR) is 116 cm³/mol. The van der Waals surface area contributed by atoms with Crippen LogP contribution in [0.5, 0.6) is 0 Å². The molecule has 2 fully saturated rings. The molecule has 9 nitrogen and oxygen atoms in total. The number of thiophene rings is 1. The van der Waals surface area contributed by atoms with E-state index in [2.05, 4.69) is 31.9 Å². The van der Waals surface area contributed by atoms with Crippen molar-refractivity contribution in [3.63, 3.8) is 0 Å². The molecule has 3 aromatic rings. The zero-order valence-corrected chi connectivity index (χ0v) is 17.5. The third kappa shape index (κ3) is 4.25. The average Bonchev–Trinajstić information content (AvgIpc) is 3.47. The number of hydrogen-bond donors (Lipinski definition) is 1. The fraction of sp³-hybridized carbons (Fsp3) is 0.450. The Bertz CT molecular complexity index is 996. The monoisotopic (exact) mass is 424 g/mol. The molecule has 5 heterocycles. The van der Waals surface area contributed by atoms with E-state index in [1.165, 1.54) is 30.8 Å². The molecule has 0 aromatic carbocycles. The molecular weight excluding hydrogens is 400 g/mol. The van der Waals surface area contributed by atoms with Gasteiger partial charge in [0.2, 0.25) is 11.9 Å². The summed E-state index contributed by atoms with van der Waals surface area (Å²) in [7, 11) is 0. The summed E-state index contributed by atoms with van der Waals surface area (Å²) in [5.74, 6) is 2.11. The van der Waals surface area contributed by atoms with E-state index in [0.717, 1.165) is 30.1 Å². The molecule has 2 N–H and O–H groups in total. The summed E-state index contributed by atoms with van der Waals surface area (Å²) in [5.41, 5.74) is 6.36.